The largest absolute Gasteiger partial charge is 0.381 e. The third-order valence-corrected chi connectivity index (χ3v) is 3.54. The summed E-state index contributed by atoms with van der Waals surface area (Å²) in [6, 6.07) is 9.21. The molecule has 2 nitrogen and oxygen atoms in total. The van der Waals surface area contributed by atoms with E-state index >= 15 is 0 Å². The Morgan fingerprint density at radius 3 is 2.94 bits per heavy atom. The van der Waals surface area contributed by atoms with Crippen LogP contribution in [-0.2, 0) is 0 Å². The highest BCUT2D eigenvalue weighted by Crippen LogP contribution is 2.31. The van der Waals surface area contributed by atoms with Crippen LogP contribution in [0.1, 0.15) is 27.2 Å². The summed E-state index contributed by atoms with van der Waals surface area (Å²) in [6.07, 6.45) is 1.25. The van der Waals surface area contributed by atoms with E-state index in [-0.39, 0.29) is 0 Å². The van der Waals surface area contributed by atoms with Crippen LogP contribution in [0.15, 0.2) is 24.3 Å². The van der Waals surface area contributed by atoms with Gasteiger partial charge in [-0.15, -0.1) is 0 Å². The second kappa shape index (κ2) is 4.77. The van der Waals surface area contributed by atoms with E-state index in [4.69, 9.17) is 0 Å². The molecule has 0 saturated carbocycles. The quantitative estimate of drug-likeness (QED) is 0.837. The van der Waals surface area contributed by atoms with Crippen LogP contribution in [0.2, 0.25) is 0 Å². The molecule has 1 aliphatic rings. The lowest BCUT2D eigenvalue weighted by atomic mass is 10.0. The molecule has 0 fully saturated rings. The molecule has 88 valence electrons. The second-order valence-corrected chi connectivity index (χ2v) is 4.91. The fraction of sp³-hybridized carbons (Fsp3) is 0.571. The van der Waals surface area contributed by atoms with Crippen LogP contribution in [-0.4, -0.2) is 19.1 Å². The fourth-order valence-corrected chi connectivity index (χ4v) is 2.22. The Morgan fingerprint density at radius 1 is 1.44 bits per heavy atom. The number of benzene rings is 1. The number of hydrogen-bond acceptors (Lipinski definition) is 2. The van der Waals surface area contributed by atoms with Crippen molar-refractivity contribution >= 4 is 11.4 Å². The van der Waals surface area contributed by atoms with Gasteiger partial charge in [-0.2, -0.15) is 0 Å². The Bertz CT molecular complexity index is 348. The number of rotatable bonds is 3. The van der Waals surface area contributed by atoms with Gasteiger partial charge in [0, 0.05) is 19.1 Å². The maximum atomic E-state index is 3.49. The highest BCUT2D eigenvalue weighted by molar-refractivity contribution is 5.72. The van der Waals surface area contributed by atoms with E-state index in [0.29, 0.717) is 6.04 Å². The zero-order chi connectivity index (χ0) is 11.5. The lowest BCUT2D eigenvalue weighted by Crippen LogP contribution is -2.44. The summed E-state index contributed by atoms with van der Waals surface area (Å²) in [5, 5.41) is 3.49. The van der Waals surface area contributed by atoms with Crippen molar-refractivity contribution in [2.45, 2.75) is 33.2 Å². The van der Waals surface area contributed by atoms with E-state index in [9.17, 15) is 0 Å². The molecule has 0 radical (unpaired) electrons. The highest BCUT2D eigenvalue weighted by Gasteiger charge is 2.22. The van der Waals surface area contributed by atoms with Crippen LogP contribution < -0.4 is 10.2 Å². The lowest BCUT2D eigenvalue weighted by Gasteiger charge is -2.39. The summed E-state index contributed by atoms with van der Waals surface area (Å²) in [4.78, 5) is 2.54. The van der Waals surface area contributed by atoms with Crippen LogP contribution in [0.5, 0.6) is 0 Å². The van der Waals surface area contributed by atoms with Crippen LogP contribution in [0.3, 0.4) is 0 Å². The predicted molar refractivity (Wildman–Crippen MR) is 71.2 cm³/mol. The third kappa shape index (κ3) is 2.16. The van der Waals surface area contributed by atoms with Gasteiger partial charge in [0.2, 0.25) is 0 Å². The maximum Gasteiger partial charge on any atom is 0.0605 e. The van der Waals surface area contributed by atoms with Gasteiger partial charge in [-0.25, -0.2) is 0 Å². The molecular formula is C14H22N2. The Morgan fingerprint density at radius 2 is 2.19 bits per heavy atom. The fourth-order valence-electron chi connectivity index (χ4n) is 2.22. The molecule has 1 aromatic rings. The summed E-state index contributed by atoms with van der Waals surface area (Å²) in [5.74, 6) is 0.758. The Hall–Kier alpha value is -1.18. The second-order valence-electron chi connectivity index (χ2n) is 4.91. The zero-order valence-electron chi connectivity index (χ0n) is 10.5. The van der Waals surface area contributed by atoms with Crippen LogP contribution >= 0.6 is 0 Å². The van der Waals surface area contributed by atoms with Gasteiger partial charge >= 0.3 is 0 Å². The summed E-state index contributed by atoms with van der Waals surface area (Å²) in [7, 11) is 0. The first kappa shape index (κ1) is 11.3. The van der Waals surface area contributed by atoms with E-state index in [1.807, 2.05) is 0 Å². The van der Waals surface area contributed by atoms with E-state index in [1.54, 1.807) is 0 Å². The summed E-state index contributed by atoms with van der Waals surface area (Å²) < 4.78 is 0. The van der Waals surface area contributed by atoms with E-state index in [1.165, 1.54) is 17.8 Å². The Labute approximate surface area is 98.7 Å². The van der Waals surface area contributed by atoms with Crippen molar-refractivity contribution in [2.75, 3.05) is 23.3 Å². The number of nitrogens with one attached hydrogen (secondary N) is 1. The van der Waals surface area contributed by atoms with Crippen LogP contribution in [0, 0.1) is 5.92 Å². The van der Waals surface area contributed by atoms with Crippen molar-refractivity contribution in [1.29, 1.82) is 0 Å². The molecule has 16 heavy (non-hydrogen) atoms. The summed E-state index contributed by atoms with van der Waals surface area (Å²) in [6.45, 7) is 9.11. The molecule has 2 heteroatoms. The topological polar surface area (TPSA) is 15.3 Å². The molecule has 0 aliphatic carbocycles. The van der Waals surface area contributed by atoms with Crippen molar-refractivity contribution in [1.82, 2.24) is 0 Å². The van der Waals surface area contributed by atoms with E-state index in [2.05, 4.69) is 55.3 Å². The van der Waals surface area contributed by atoms with Gasteiger partial charge < -0.3 is 10.2 Å². The molecule has 1 aromatic carbocycles. The SMILES string of the molecule is CCC(C)CN1c2ccccc2NCC1C. The molecule has 0 bridgehead atoms. The van der Waals surface area contributed by atoms with Gasteiger partial charge in [-0.1, -0.05) is 32.4 Å². The molecule has 1 aliphatic heterocycles. The monoisotopic (exact) mass is 218 g/mol. The van der Waals surface area contributed by atoms with Gasteiger partial charge in [0.15, 0.2) is 0 Å². The predicted octanol–water partition coefficient (Wildman–Crippen LogP) is 3.35. The van der Waals surface area contributed by atoms with Crippen LogP contribution in [0.4, 0.5) is 11.4 Å². The lowest BCUT2D eigenvalue weighted by molar-refractivity contribution is 0.509. The number of nitrogens with zero attached hydrogens (tertiary/aromatic N) is 1. The average molecular weight is 218 g/mol. The Kier molecular flexibility index (Phi) is 3.37. The van der Waals surface area contributed by atoms with Gasteiger partial charge in [-0.05, 0) is 25.0 Å². The summed E-state index contributed by atoms with van der Waals surface area (Å²) >= 11 is 0. The normalized spacial score (nSPS) is 21.2. The molecule has 0 aromatic heterocycles. The Balaban J connectivity index is 2.22. The number of para-hydroxylation sites is 2. The van der Waals surface area contributed by atoms with Crippen molar-refractivity contribution in [3.8, 4) is 0 Å². The number of hydrogen-bond donors (Lipinski definition) is 1. The number of fused-ring (bicyclic) bond motifs is 1. The van der Waals surface area contributed by atoms with E-state index in [0.717, 1.165) is 19.0 Å². The van der Waals surface area contributed by atoms with Crippen molar-refractivity contribution in [2.24, 2.45) is 5.92 Å². The minimum absolute atomic E-state index is 0.587. The third-order valence-electron chi connectivity index (χ3n) is 3.54. The molecule has 1 heterocycles. The first-order chi connectivity index (χ1) is 7.72. The van der Waals surface area contributed by atoms with Crippen molar-refractivity contribution in [3.63, 3.8) is 0 Å². The highest BCUT2D eigenvalue weighted by atomic mass is 15.2. The molecule has 0 amide bonds. The number of anilines is 2. The standard InChI is InChI=1S/C14H22N2/c1-4-11(2)10-16-12(3)9-15-13-7-5-6-8-14(13)16/h5-8,11-12,15H,4,9-10H2,1-3H3. The van der Waals surface area contributed by atoms with Gasteiger partial charge in [0.1, 0.15) is 0 Å². The molecule has 0 saturated heterocycles. The molecule has 2 unspecified atom stereocenters. The van der Waals surface area contributed by atoms with Crippen LogP contribution in [0.25, 0.3) is 0 Å². The molecule has 2 rings (SSSR count). The molecule has 0 spiro atoms. The first-order valence-electron chi connectivity index (χ1n) is 6.32. The minimum atomic E-state index is 0.587. The van der Waals surface area contributed by atoms with E-state index < -0.39 is 0 Å². The van der Waals surface area contributed by atoms with Crippen molar-refractivity contribution < 1.29 is 0 Å². The van der Waals surface area contributed by atoms with Crippen molar-refractivity contribution in [3.05, 3.63) is 24.3 Å². The van der Waals surface area contributed by atoms with Gasteiger partial charge in [0.05, 0.1) is 11.4 Å². The molecular weight excluding hydrogens is 196 g/mol. The van der Waals surface area contributed by atoms with Gasteiger partial charge in [0.25, 0.3) is 0 Å². The minimum Gasteiger partial charge on any atom is -0.381 e. The first-order valence-corrected chi connectivity index (χ1v) is 6.32. The average Bonchev–Trinajstić information content (AvgIpc) is 2.32. The zero-order valence-corrected chi connectivity index (χ0v) is 10.5. The smallest absolute Gasteiger partial charge is 0.0605 e. The molecule has 1 N–H and O–H groups in total. The molecule has 2 atom stereocenters. The van der Waals surface area contributed by atoms with Gasteiger partial charge in [-0.3, -0.25) is 0 Å². The summed E-state index contributed by atoms with van der Waals surface area (Å²) in [5.41, 5.74) is 2.64. The maximum absolute atomic E-state index is 3.49.